The van der Waals surface area contributed by atoms with E-state index < -0.39 is 23.8 Å². The maximum absolute atomic E-state index is 14.6. The molecular formula is C23H22F4N8O. The number of H-pyrrole nitrogens is 1. The van der Waals surface area contributed by atoms with Gasteiger partial charge in [-0.3, -0.25) is 5.10 Å². The van der Waals surface area contributed by atoms with E-state index in [9.17, 15) is 22.7 Å². The Kier molecular flexibility index (Phi) is 6.08. The first-order valence-electron chi connectivity index (χ1n) is 11.1. The summed E-state index contributed by atoms with van der Waals surface area (Å²) < 4.78 is 55.8. The number of rotatable bonds is 6. The number of aliphatic hydroxyl groups is 1. The highest BCUT2D eigenvalue weighted by Crippen LogP contribution is 2.31. The minimum Gasteiger partial charge on any atom is -0.384 e. The topological polar surface area (TPSA) is 108 Å². The zero-order valence-electron chi connectivity index (χ0n) is 19.1. The van der Waals surface area contributed by atoms with E-state index in [1.54, 1.807) is 31.4 Å². The summed E-state index contributed by atoms with van der Waals surface area (Å²) in [4.78, 5) is 10.7. The Morgan fingerprint density at radius 1 is 1.08 bits per heavy atom. The van der Waals surface area contributed by atoms with Gasteiger partial charge in [0.25, 0.3) is 6.43 Å². The van der Waals surface area contributed by atoms with Crippen molar-refractivity contribution < 1.29 is 22.7 Å². The van der Waals surface area contributed by atoms with Crippen molar-refractivity contribution >= 4 is 17.5 Å². The second-order valence-electron chi connectivity index (χ2n) is 8.60. The molecule has 1 saturated heterocycles. The monoisotopic (exact) mass is 502 g/mol. The Bertz CT molecular complexity index is 1360. The molecule has 3 aromatic heterocycles. The number of nitrogens with zero attached hydrogens (tertiary/aromatic N) is 6. The number of alkyl halides is 2. The number of pyridine rings is 1. The number of hydrogen-bond acceptors (Lipinski definition) is 7. The molecule has 1 aliphatic rings. The molecule has 1 aliphatic heterocycles. The van der Waals surface area contributed by atoms with Crippen LogP contribution >= 0.6 is 0 Å². The van der Waals surface area contributed by atoms with E-state index in [4.69, 9.17) is 0 Å². The second kappa shape index (κ2) is 9.22. The van der Waals surface area contributed by atoms with Crippen molar-refractivity contribution in [3.8, 4) is 22.5 Å². The number of nitrogens with one attached hydrogen (secondary N) is 2. The van der Waals surface area contributed by atoms with Gasteiger partial charge in [-0.2, -0.15) is 14.5 Å². The van der Waals surface area contributed by atoms with Crippen LogP contribution in [0.5, 0.6) is 0 Å². The first kappa shape index (κ1) is 23.7. The van der Waals surface area contributed by atoms with Crippen LogP contribution < -0.4 is 10.2 Å². The summed E-state index contributed by atoms with van der Waals surface area (Å²) in [5.74, 6) is -0.0244. The number of aryl methyl sites for hydroxylation is 1. The normalized spacial score (nSPS) is 15.5. The SMILES string of the molecule is Cn1nc(-c2ccc(N3CCC(O)(C(F)F)CC3)nc2)nc1Nc1ccc(-c2cn[nH]c2F)c(F)c1. The molecule has 13 heteroatoms. The highest BCUT2D eigenvalue weighted by atomic mass is 19.3. The van der Waals surface area contributed by atoms with E-state index >= 15 is 0 Å². The Morgan fingerprint density at radius 3 is 2.47 bits per heavy atom. The molecule has 0 aliphatic carbocycles. The average molecular weight is 502 g/mol. The summed E-state index contributed by atoms with van der Waals surface area (Å²) in [7, 11) is 1.67. The minimum absolute atomic E-state index is 0.0326. The highest BCUT2D eigenvalue weighted by molar-refractivity contribution is 5.68. The largest absolute Gasteiger partial charge is 0.384 e. The number of aromatic nitrogens is 6. The Hall–Kier alpha value is -4.00. The van der Waals surface area contributed by atoms with Gasteiger partial charge in [-0.1, -0.05) is 0 Å². The summed E-state index contributed by atoms with van der Waals surface area (Å²) in [5.41, 5.74) is -0.824. The lowest BCUT2D eigenvalue weighted by Gasteiger charge is -2.38. The summed E-state index contributed by atoms with van der Waals surface area (Å²) in [6, 6.07) is 7.76. The van der Waals surface area contributed by atoms with Crippen molar-refractivity contribution in [2.75, 3.05) is 23.3 Å². The fraction of sp³-hybridized carbons (Fsp3) is 0.304. The smallest absolute Gasteiger partial charge is 0.266 e. The molecule has 0 bridgehead atoms. The van der Waals surface area contributed by atoms with Crippen LogP contribution in [-0.4, -0.2) is 60.2 Å². The van der Waals surface area contributed by atoms with Crippen molar-refractivity contribution in [3.63, 3.8) is 0 Å². The Labute approximate surface area is 202 Å². The van der Waals surface area contributed by atoms with Gasteiger partial charge in [0.15, 0.2) is 5.82 Å². The van der Waals surface area contributed by atoms with E-state index in [0.29, 0.717) is 28.8 Å². The van der Waals surface area contributed by atoms with E-state index in [2.05, 4.69) is 30.6 Å². The van der Waals surface area contributed by atoms with Crippen molar-refractivity contribution in [1.82, 2.24) is 29.9 Å². The molecule has 0 atom stereocenters. The van der Waals surface area contributed by atoms with Gasteiger partial charge in [0.1, 0.15) is 17.2 Å². The molecule has 0 unspecified atom stereocenters. The van der Waals surface area contributed by atoms with Crippen molar-refractivity contribution in [1.29, 1.82) is 0 Å². The lowest BCUT2D eigenvalue weighted by Crippen LogP contribution is -2.49. The van der Waals surface area contributed by atoms with Gasteiger partial charge in [0.2, 0.25) is 11.9 Å². The second-order valence-corrected chi connectivity index (χ2v) is 8.60. The maximum atomic E-state index is 14.6. The van der Waals surface area contributed by atoms with E-state index in [0.717, 1.165) is 0 Å². The first-order chi connectivity index (χ1) is 17.2. The highest BCUT2D eigenvalue weighted by Gasteiger charge is 2.40. The number of anilines is 3. The molecule has 9 nitrogen and oxygen atoms in total. The van der Waals surface area contributed by atoms with Crippen LogP contribution in [0.25, 0.3) is 22.5 Å². The van der Waals surface area contributed by atoms with Gasteiger partial charge in [0, 0.05) is 43.1 Å². The standard InChI is InChI=1S/C23H22F4N8O/c1-34-22(30-14-3-4-15(17(24)10-14)16-12-29-32-19(16)25)31-20(33-34)13-2-5-18(28-11-13)35-8-6-23(36,7-9-35)21(26)27/h2-5,10-12,21,36H,6-9H2,1H3,(H,29,32)(H,30,31,33). The van der Waals surface area contributed by atoms with Crippen molar-refractivity contribution in [2.24, 2.45) is 7.05 Å². The molecule has 1 aromatic carbocycles. The van der Waals surface area contributed by atoms with Crippen LogP contribution in [0.15, 0.2) is 42.7 Å². The number of benzene rings is 1. The average Bonchev–Trinajstić information content (AvgIpc) is 3.45. The van der Waals surface area contributed by atoms with Gasteiger partial charge in [0.05, 0.1) is 11.8 Å². The molecule has 4 heterocycles. The summed E-state index contributed by atoms with van der Waals surface area (Å²) in [6.07, 6.45) is -0.0608. The zero-order valence-corrected chi connectivity index (χ0v) is 19.1. The lowest BCUT2D eigenvalue weighted by molar-refractivity contribution is -0.109. The molecule has 1 fully saturated rings. The number of halogens is 4. The Balaban J connectivity index is 1.28. The molecule has 36 heavy (non-hydrogen) atoms. The third kappa shape index (κ3) is 4.49. The van der Waals surface area contributed by atoms with Crippen molar-refractivity contribution in [3.05, 3.63) is 54.5 Å². The van der Waals surface area contributed by atoms with Crippen LogP contribution in [0.4, 0.5) is 35.0 Å². The first-order valence-corrected chi connectivity index (χ1v) is 11.1. The summed E-state index contributed by atoms with van der Waals surface area (Å²) in [5, 5.41) is 23.0. The predicted octanol–water partition coefficient (Wildman–Crippen LogP) is 3.89. The molecule has 3 N–H and O–H groups in total. The zero-order chi connectivity index (χ0) is 25.4. The predicted molar refractivity (Wildman–Crippen MR) is 124 cm³/mol. The van der Waals surface area contributed by atoms with Gasteiger partial charge in [-0.05, 0) is 43.2 Å². The van der Waals surface area contributed by atoms with Gasteiger partial charge in [-0.15, -0.1) is 5.10 Å². The van der Waals surface area contributed by atoms with Crippen LogP contribution in [-0.2, 0) is 7.05 Å². The van der Waals surface area contributed by atoms with Gasteiger partial charge in [-0.25, -0.2) is 22.8 Å². The number of hydrogen-bond donors (Lipinski definition) is 3. The third-order valence-corrected chi connectivity index (χ3v) is 6.24. The number of piperidine rings is 1. The Morgan fingerprint density at radius 2 is 1.86 bits per heavy atom. The van der Waals surface area contributed by atoms with E-state index in [1.807, 2.05) is 4.90 Å². The molecule has 0 radical (unpaired) electrons. The quantitative estimate of drug-likeness (QED) is 0.344. The summed E-state index contributed by atoms with van der Waals surface area (Å²) >= 11 is 0. The molecule has 5 rings (SSSR count). The number of aromatic amines is 1. The minimum atomic E-state index is -2.78. The van der Waals surface area contributed by atoms with Crippen molar-refractivity contribution in [2.45, 2.75) is 24.9 Å². The fourth-order valence-electron chi connectivity index (χ4n) is 4.06. The van der Waals surface area contributed by atoms with Crippen LogP contribution in [0.1, 0.15) is 12.8 Å². The van der Waals surface area contributed by atoms with Crippen LogP contribution in [0.3, 0.4) is 0 Å². The molecule has 0 amide bonds. The summed E-state index contributed by atoms with van der Waals surface area (Å²) in [6.45, 7) is 0.539. The van der Waals surface area contributed by atoms with E-state index in [1.165, 1.54) is 23.0 Å². The molecule has 4 aromatic rings. The molecular weight excluding hydrogens is 480 g/mol. The molecule has 188 valence electrons. The molecule has 0 saturated carbocycles. The van der Waals surface area contributed by atoms with Crippen LogP contribution in [0, 0.1) is 11.8 Å². The fourth-order valence-corrected chi connectivity index (χ4v) is 4.06. The van der Waals surface area contributed by atoms with Gasteiger partial charge >= 0.3 is 0 Å². The lowest BCUT2D eigenvalue weighted by atomic mass is 9.92. The van der Waals surface area contributed by atoms with Crippen LogP contribution in [0.2, 0.25) is 0 Å². The van der Waals surface area contributed by atoms with Gasteiger partial charge < -0.3 is 15.3 Å². The van der Waals surface area contributed by atoms with E-state index in [-0.39, 0.29) is 37.1 Å². The molecule has 0 spiro atoms. The third-order valence-electron chi connectivity index (χ3n) is 6.24. The maximum Gasteiger partial charge on any atom is 0.266 e.